The van der Waals surface area contributed by atoms with Crippen LogP contribution in [-0.2, 0) is 0 Å². The van der Waals surface area contributed by atoms with Gasteiger partial charge in [-0.05, 0) is 58.7 Å². The number of para-hydroxylation sites is 3. The number of aromatic nitrogens is 1. The van der Waals surface area contributed by atoms with Crippen LogP contribution in [0.5, 0.6) is 0 Å². The Bertz CT molecular complexity index is 2770. The number of nitrogens with one attached hydrogen (secondary N) is 1. The van der Waals surface area contributed by atoms with Gasteiger partial charge in [0.05, 0.1) is 5.52 Å². The van der Waals surface area contributed by atoms with Gasteiger partial charge >= 0.3 is 0 Å². The Morgan fingerprint density at radius 3 is 2.04 bits per heavy atom. The van der Waals surface area contributed by atoms with E-state index in [0.717, 1.165) is 44.1 Å². The van der Waals surface area contributed by atoms with Crippen molar-refractivity contribution in [1.82, 2.24) is 4.98 Å². The Kier molecular flexibility index (Phi) is 5.19. The molecule has 3 aromatic heterocycles. The summed E-state index contributed by atoms with van der Waals surface area (Å²) >= 11 is 1.87. The van der Waals surface area contributed by atoms with E-state index in [-0.39, 0.29) is 0 Å². The molecule has 0 aliphatic rings. The highest BCUT2D eigenvalue weighted by Gasteiger charge is 2.16. The molecule has 0 aliphatic carbocycles. The van der Waals surface area contributed by atoms with E-state index in [1.165, 1.54) is 53.2 Å². The first-order valence-electron chi connectivity index (χ1n) is 15.3. The van der Waals surface area contributed by atoms with Gasteiger partial charge in [-0.25, -0.2) is 0 Å². The summed E-state index contributed by atoms with van der Waals surface area (Å²) in [5.74, 6) is 0. The summed E-state index contributed by atoms with van der Waals surface area (Å²) < 4.78 is 9.04. The molecule has 3 heteroatoms. The number of rotatable bonds is 3. The Balaban J connectivity index is 1.13. The molecule has 0 saturated carbocycles. The second kappa shape index (κ2) is 9.43. The predicted octanol–water partition coefficient (Wildman–Crippen LogP) is 12.6. The van der Waals surface area contributed by atoms with Crippen molar-refractivity contribution in [3.63, 3.8) is 0 Å². The van der Waals surface area contributed by atoms with Crippen molar-refractivity contribution in [3.8, 4) is 33.4 Å². The molecule has 7 aromatic carbocycles. The molecule has 2 nitrogen and oxygen atoms in total. The number of H-pyrrole nitrogens is 1. The molecular weight excluding hydrogens is 567 g/mol. The number of fused-ring (bicyclic) bond motifs is 9. The van der Waals surface area contributed by atoms with Crippen LogP contribution < -0.4 is 0 Å². The van der Waals surface area contributed by atoms with E-state index in [0.29, 0.717) is 0 Å². The summed E-state index contributed by atoms with van der Waals surface area (Å²) in [6.45, 7) is 0. The van der Waals surface area contributed by atoms with E-state index in [9.17, 15) is 0 Å². The molecule has 0 saturated heterocycles. The third kappa shape index (κ3) is 3.68. The molecule has 45 heavy (non-hydrogen) atoms. The minimum absolute atomic E-state index is 0.920. The van der Waals surface area contributed by atoms with Gasteiger partial charge in [-0.3, -0.25) is 0 Å². The zero-order chi connectivity index (χ0) is 29.5. The van der Waals surface area contributed by atoms with Crippen LogP contribution in [0.4, 0.5) is 0 Å². The second-order valence-electron chi connectivity index (χ2n) is 11.8. The van der Waals surface area contributed by atoms with Gasteiger partial charge in [0.1, 0.15) is 11.2 Å². The van der Waals surface area contributed by atoms with Gasteiger partial charge in [-0.1, -0.05) is 109 Å². The molecule has 0 bridgehead atoms. The van der Waals surface area contributed by atoms with Crippen molar-refractivity contribution in [2.24, 2.45) is 0 Å². The fraction of sp³-hybridized carbons (Fsp3) is 0. The molecule has 1 N–H and O–H groups in total. The minimum Gasteiger partial charge on any atom is -0.455 e. The fourth-order valence-electron chi connectivity index (χ4n) is 7.17. The number of hydrogen-bond donors (Lipinski definition) is 1. The van der Waals surface area contributed by atoms with Crippen LogP contribution in [0.25, 0.3) is 97.3 Å². The average Bonchev–Trinajstić information content (AvgIpc) is 3.79. The van der Waals surface area contributed by atoms with Gasteiger partial charge in [-0.2, -0.15) is 0 Å². The zero-order valence-corrected chi connectivity index (χ0v) is 25.0. The molecule has 10 aromatic rings. The van der Waals surface area contributed by atoms with Crippen molar-refractivity contribution < 1.29 is 4.42 Å². The first kappa shape index (κ1) is 24.8. The third-order valence-electron chi connectivity index (χ3n) is 9.24. The Morgan fingerprint density at radius 2 is 1.11 bits per heavy atom. The second-order valence-corrected chi connectivity index (χ2v) is 12.8. The number of furan rings is 1. The van der Waals surface area contributed by atoms with Gasteiger partial charge < -0.3 is 9.40 Å². The molecule has 0 spiro atoms. The maximum absolute atomic E-state index is 6.38. The molecular formula is C42H25NOS. The number of thiophene rings is 1. The summed E-state index contributed by atoms with van der Waals surface area (Å²) in [7, 11) is 0. The summed E-state index contributed by atoms with van der Waals surface area (Å²) in [6.07, 6.45) is 0. The van der Waals surface area contributed by atoms with Gasteiger partial charge in [0, 0.05) is 58.4 Å². The van der Waals surface area contributed by atoms with E-state index in [4.69, 9.17) is 4.42 Å². The molecule has 0 radical (unpaired) electrons. The highest BCUT2D eigenvalue weighted by Crippen LogP contribution is 2.42. The predicted molar refractivity (Wildman–Crippen MR) is 192 cm³/mol. The van der Waals surface area contributed by atoms with Crippen LogP contribution in [0.15, 0.2) is 150 Å². The van der Waals surface area contributed by atoms with Crippen molar-refractivity contribution in [1.29, 1.82) is 0 Å². The maximum atomic E-state index is 6.38. The first-order chi connectivity index (χ1) is 22.3. The van der Waals surface area contributed by atoms with Crippen LogP contribution in [0.2, 0.25) is 0 Å². The summed E-state index contributed by atoms with van der Waals surface area (Å²) in [5, 5.41) is 7.39. The lowest BCUT2D eigenvalue weighted by Gasteiger charge is -2.09. The fourth-order valence-corrected chi connectivity index (χ4v) is 8.31. The van der Waals surface area contributed by atoms with Crippen LogP contribution >= 0.6 is 11.3 Å². The normalized spacial score (nSPS) is 12.0. The topological polar surface area (TPSA) is 28.9 Å². The highest BCUT2D eigenvalue weighted by molar-refractivity contribution is 7.25. The van der Waals surface area contributed by atoms with Crippen LogP contribution in [-0.4, -0.2) is 4.98 Å². The molecule has 10 rings (SSSR count). The summed E-state index contributed by atoms with van der Waals surface area (Å²) in [6, 6.07) is 52.5. The number of hydrogen-bond acceptors (Lipinski definition) is 2. The van der Waals surface area contributed by atoms with Gasteiger partial charge in [-0.15, -0.1) is 11.3 Å². The van der Waals surface area contributed by atoms with Crippen molar-refractivity contribution >= 4 is 75.3 Å². The van der Waals surface area contributed by atoms with Crippen LogP contribution in [0, 0.1) is 0 Å². The van der Waals surface area contributed by atoms with E-state index < -0.39 is 0 Å². The average molecular weight is 592 g/mol. The summed E-state index contributed by atoms with van der Waals surface area (Å²) in [4.78, 5) is 3.77. The Morgan fingerprint density at radius 1 is 0.444 bits per heavy atom. The van der Waals surface area contributed by atoms with Crippen LogP contribution in [0.1, 0.15) is 0 Å². The number of aromatic amines is 1. The molecule has 0 unspecified atom stereocenters. The van der Waals surface area contributed by atoms with Crippen LogP contribution in [0.3, 0.4) is 0 Å². The smallest absolute Gasteiger partial charge is 0.143 e. The monoisotopic (exact) mass is 591 g/mol. The van der Waals surface area contributed by atoms with E-state index in [1.807, 2.05) is 23.5 Å². The molecule has 0 fully saturated rings. The Hall–Kier alpha value is -5.64. The quantitative estimate of drug-likeness (QED) is 0.218. The van der Waals surface area contributed by atoms with Gasteiger partial charge in [0.15, 0.2) is 0 Å². The van der Waals surface area contributed by atoms with Gasteiger partial charge in [0.25, 0.3) is 0 Å². The SMILES string of the molecule is c1cc(-c2cccc3c2[nH]c2ccc(-c4cccc5c4oc4ccccc45)cc23)cc(-c2cccc3sc4ccccc4c23)c1. The highest BCUT2D eigenvalue weighted by atomic mass is 32.1. The lowest BCUT2D eigenvalue weighted by molar-refractivity contribution is 0.670. The van der Waals surface area contributed by atoms with Crippen molar-refractivity contribution in [3.05, 3.63) is 146 Å². The Labute approximate surface area is 262 Å². The maximum Gasteiger partial charge on any atom is 0.143 e. The summed E-state index contributed by atoms with van der Waals surface area (Å²) in [5.41, 5.74) is 11.3. The lowest BCUT2D eigenvalue weighted by Crippen LogP contribution is -1.84. The largest absolute Gasteiger partial charge is 0.455 e. The lowest BCUT2D eigenvalue weighted by atomic mass is 9.95. The van der Waals surface area contributed by atoms with Gasteiger partial charge in [0.2, 0.25) is 0 Å². The third-order valence-corrected chi connectivity index (χ3v) is 10.4. The van der Waals surface area contributed by atoms with Crippen molar-refractivity contribution in [2.75, 3.05) is 0 Å². The number of benzene rings is 7. The molecule has 0 amide bonds. The molecule has 3 heterocycles. The minimum atomic E-state index is 0.920. The standard InChI is InChI=1S/C42H25NOS/c1-3-18-37-31(11-1)33-17-7-15-30(42(33)44-37)27-21-22-36-35(24-27)32-16-6-14-29(41(32)43-36)26-10-5-9-25(23-26)28-13-8-20-39-40(28)34-12-2-4-19-38(34)45-39/h1-24,43H. The van der Waals surface area contributed by atoms with Crippen molar-refractivity contribution in [2.45, 2.75) is 0 Å². The van der Waals surface area contributed by atoms with E-state index >= 15 is 0 Å². The molecule has 0 aliphatic heterocycles. The zero-order valence-electron chi connectivity index (χ0n) is 24.2. The van der Waals surface area contributed by atoms with E-state index in [1.54, 1.807) is 0 Å². The van der Waals surface area contributed by atoms with E-state index in [2.05, 4.69) is 138 Å². The first-order valence-corrected chi connectivity index (χ1v) is 16.1. The molecule has 210 valence electrons. The molecule has 0 atom stereocenters.